The Balaban J connectivity index is 1.75. The van der Waals surface area contributed by atoms with Crippen molar-refractivity contribution in [3.63, 3.8) is 0 Å². The van der Waals surface area contributed by atoms with Crippen LogP contribution < -0.4 is 10.6 Å². The average Bonchev–Trinajstić information content (AvgIpc) is 2.91. The predicted molar refractivity (Wildman–Crippen MR) is 88.1 cm³/mol. The van der Waals surface area contributed by atoms with Gasteiger partial charge in [0.25, 0.3) is 0 Å². The van der Waals surface area contributed by atoms with E-state index in [9.17, 15) is 4.79 Å². The van der Waals surface area contributed by atoms with Gasteiger partial charge in [0.1, 0.15) is 11.4 Å². The number of aromatic nitrogens is 1. The van der Waals surface area contributed by atoms with E-state index in [0.717, 1.165) is 43.8 Å². The second-order valence-electron chi connectivity index (χ2n) is 7.16. The molecule has 1 aliphatic rings. The lowest BCUT2D eigenvalue weighted by molar-refractivity contribution is 0.0488. The summed E-state index contributed by atoms with van der Waals surface area (Å²) in [5, 5.41) is 6.46. The quantitative estimate of drug-likeness (QED) is 0.870. The van der Waals surface area contributed by atoms with Gasteiger partial charge in [-0.2, -0.15) is 0 Å². The Hall–Kier alpha value is -1.56. The Kier molecular flexibility index (Phi) is 6.04. The Labute approximate surface area is 138 Å². The number of aryl methyl sites for hydroxylation is 1. The van der Waals surface area contributed by atoms with Crippen LogP contribution in [0.25, 0.3) is 0 Å². The second kappa shape index (κ2) is 7.81. The van der Waals surface area contributed by atoms with Crippen molar-refractivity contribution in [2.75, 3.05) is 0 Å². The summed E-state index contributed by atoms with van der Waals surface area (Å²) in [5.74, 6) is 1.64. The summed E-state index contributed by atoms with van der Waals surface area (Å²) in [5.41, 5.74) is -0.460. The van der Waals surface area contributed by atoms with Crippen molar-refractivity contribution in [2.24, 2.45) is 0 Å². The van der Waals surface area contributed by atoms with Gasteiger partial charge in [-0.15, -0.1) is 0 Å². The fourth-order valence-corrected chi connectivity index (χ4v) is 2.81. The van der Waals surface area contributed by atoms with E-state index in [1.165, 1.54) is 0 Å². The topological polar surface area (TPSA) is 76.4 Å². The highest BCUT2D eigenvalue weighted by atomic mass is 16.6. The van der Waals surface area contributed by atoms with Gasteiger partial charge in [-0.05, 0) is 46.5 Å². The number of hydrogen-bond acceptors (Lipinski definition) is 5. The number of oxazole rings is 1. The van der Waals surface area contributed by atoms with E-state index in [0.29, 0.717) is 12.6 Å². The molecule has 6 heteroatoms. The van der Waals surface area contributed by atoms with E-state index < -0.39 is 5.60 Å². The molecular weight excluding hydrogens is 294 g/mol. The first-order chi connectivity index (χ1) is 10.9. The summed E-state index contributed by atoms with van der Waals surface area (Å²) in [6, 6.07) is 0.521. The van der Waals surface area contributed by atoms with Crippen molar-refractivity contribution >= 4 is 6.09 Å². The van der Waals surface area contributed by atoms with E-state index in [2.05, 4.69) is 15.6 Å². The summed E-state index contributed by atoms with van der Waals surface area (Å²) >= 11 is 0. The molecule has 0 aliphatic heterocycles. The monoisotopic (exact) mass is 323 g/mol. The molecule has 0 saturated heterocycles. The third-order valence-electron chi connectivity index (χ3n) is 3.89. The van der Waals surface area contributed by atoms with Crippen LogP contribution in [0.2, 0.25) is 0 Å². The van der Waals surface area contributed by atoms with Gasteiger partial charge in [0.2, 0.25) is 5.89 Å². The van der Waals surface area contributed by atoms with Crippen LogP contribution in [0.15, 0.2) is 10.6 Å². The molecule has 6 nitrogen and oxygen atoms in total. The third-order valence-corrected chi connectivity index (χ3v) is 3.89. The van der Waals surface area contributed by atoms with Crippen LogP contribution in [-0.4, -0.2) is 28.8 Å². The van der Waals surface area contributed by atoms with Crippen molar-refractivity contribution in [2.45, 2.75) is 84.0 Å². The zero-order chi connectivity index (χ0) is 16.9. The molecule has 0 spiro atoms. The number of carbonyl (C=O) groups excluding carboxylic acids is 1. The molecule has 0 radical (unpaired) electrons. The van der Waals surface area contributed by atoms with Crippen molar-refractivity contribution in [3.8, 4) is 0 Å². The minimum absolute atomic E-state index is 0.159. The van der Waals surface area contributed by atoms with Gasteiger partial charge in [-0.3, -0.25) is 0 Å². The molecular formula is C17H29N3O3. The summed E-state index contributed by atoms with van der Waals surface area (Å²) < 4.78 is 10.9. The van der Waals surface area contributed by atoms with Crippen LogP contribution >= 0.6 is 0 Å². The highest BCUT2D eigenvalue weighted by molar-refractivity contribution is 5.68. The van der Waals surface area contributed by atoms with Crippen molar-refractivity contribution in [1.29, 1.82) is 0 Å². The maximum atomic E-state index is 11.9. The molecule has 2 unspecified atom stereocenters. The van der Waals surface area contributed by atoms with Gasteiger partial charge >= 0.3 is 6.09 Å². The van der Waals surface area contributed by atoms with E-state index in [1.54, 1.807) is 6.20 Å². The molecule has 0 aromatic carbocycles. The van der Waals surface area contributed by atoms with E-state index >= 15 is 0 Å². The molecule has 1 heterocycles. The highest BCUT2D eigenvalue weighted by Crippen LogP contribution is 2.20. The van der Waals surface area contributed by atoms with Crippen LogP contribution in [0.5, 0.6) is 0 Å². The van der Waals surface area contributed by atoms with Crippen molar-refractivity contribution in [3.05, 3.63) is 17.8 Å². The first kappa shape index (κ1) is 17.8. The number of rotatable bonds is 5. The molecule has 1 amide bonds. The fourth-order valence-electron chi connectivity index (χ4n) is 2.81. The lowest BCUT2D eigenvalue weighted by Gasteiger charge is -2.31. The Morgan fingerprint density at radius 1 is 1.39 bits per heavy atom. The van der Waals surface area contributed by atoms with Crippen LogP contribution in [0, 0.1) is 0 Å². The third kappa shape index (κ3) is 6.22. The zero-order valence-corrected chi connectivity index (χ0v) is 14.6. The van der Waals surface area contributed by atoms with Crippen LogP contribution in [0.3, 0.4) is 0 Å². The number of amides is 1. The smallest absolute Gasteiger partial charge is 0.407 e. The lowest BCUT2D eigenvalue weighted by atomic mass is 9.91. The van der Waals surface area contributed by atoms with Gasteiger partial charge in [0.15, 0.2) is 0 Å². The number of nitrogens with one attached hydrogen (secondary N) is 2. The van der Waals surface area contributed by atoms with Crippen LogP contribution in [-0.2, 0) is 17.7 Å². The van der Waals surface area contributed by atoms with E-state index in [-0.39, 0.29) is 12.1 Å². The molecule has 0 bridgehead atoms. The summed E-state index contributed by atoms with van der Waals surface area (Å²) in [6.07, 6.45) is 6.40. The normalized spacial score (nSPS) is 21.9. The number of hydrogen-bond donors (Lipinski definition) is 2. The Morgan fingerprint density at radius 2 is 2.13 bits per heavy atom. The SMILES string of the molecule is CCc1cnc(CNC2CCCC(NC(=O)OC(C)(C)C)C2)o1. The first-order valence-corrected chi connectivity index (χ1v) is 8.52. The van der Waals surface area contributed by atoms with E-state index in [1.807, 2.05) is 27.7 Å². The second-order valence-corrected chi connectivity index (χ2v) is 7.16. The van der Waals surface area contributed by atoms with Crippen LogP contribution in [0.4, 0.5) is 4.79 Å². The highest BCUT2D eigenvalue weighted by Gasteiger charge is 2.25. The summed E-state index contributed by atoms with van der Waals surface area (Å²) in [4.78, 5) is 16.1. The molecule has 1 aromatic heterocycles. The first-order valence-electron chi connectivity index (χ1n) is 8.52. The standard InChI is InChI=1S/C17H29N3O3/c1-5-14-10-19-15(22-14)11-18-12-7-6-8-13(9-12)20-16(21)23-17(2,3)4/h10,12-13,18H,5-9,11H2,1-4H3,(H,20,21). The molecule has 2 N–H and O–H groups in total. The molecule has 23 heavy (non-hydrogen) atoms. The number of nitrogens with zero attached hydrogens (tertiary/aromatic N) is 1. The average molecular weight is 323 g/mol. The maximum absolute atomic E-state index is 11.9. The Morgan fingerprint density at radius 3 is 2.78 bits per heavy atom. The van der Waals surface area contributed by atoms with Crippen molar-refractivity contribution in [1.82, 2.24) is 15.6 Å². The number of alkyl carbamates (subject to hydrolysis) is 1. The summed E-state index contributed by atoms with van der Waals surface area (Å²) in [6.45, 7) is 8.30. The lowest BCUT2D eigenvalue weighted by Crippen LogP contribution is -2.45. The maximum Gasteiger partial charge on any atom is 0.407 e. The van der Waals surface area contributed by atoms with Gasteiger partial charge < -0.3 is 19.8 Å². The van der Waals surface area contributed by atoms with E-state index in [4.69, 9.17) is 9.15 Å². The number of ether oxygens (including phenoxy) is 1. The van der Waals surface area contributed by atoms with Gasteiger partial charge in [0.05, 0.1) is 12.7 Å². The minimum Gasteiger partial charge on any atom is -0.444 e. The molecule has 130 valence electrons. The molecule has 1 fully saturated rings. The predicted octanol–water partition coefficient (Wildman–Crippen LogP) is 3.16. The molecule has 2 rings (SSSR count). The van der Waals surface area contributed by atoms with Gasteiger partial charge in [-0.25, -0.2) is 9.78 Å². The number of carbonyl (C=O) groups is 1. The molecule has 1 aliphatic carbocycles. The summed E-state index contributed by atoms with van der Waals surface area (Å²) in [7, 11) is 0. The van der Waals surface area contributed by atoms with Gasteiger partial charge in [-0.1, -0.05) is 6.92 Å². The zero-order valence-electron chi connectivity index (χ0n) is 14.6. The van der Waals surface area contributed by atoms with Crippen molar-refractivity contribution < 1.29 is 13.9 Å². The largest absolute Gasteiger partial charge is 0.444 e. The van der Waals surface area contributed by atoms with Crippen LogP contribution in [0.1, 0.15) is 65.0 Å². The molecule has 1 saturated carbocycles. The fraction of sp³-hybridized carbons (Fsp3) is 0.765. The minimum atomic E-state index is -0.460. The molecule has 1 aromatic rings. The molecule has 2 atom stereocenters. The Bertz CT molecular complexity index is 507. The van der Waals surface area contributed by atoms with Gasteiger partial charge in [0, 0.05) is 18.5 Å².